The minimum Gasteiger partial charge on any atom is -0.385 e. The Balaban J connectivity index is 0. The predicted octanol–water partition coefficient (Wildman–Crippen LogP) is 4.88. The molecule has 0 aromatic carbocycles. The van der Waals surface area contributed by atoms with E-state index in [1.54, 1.807) is 11.8 Å². The summed E-state index contributed by atoms with van der Waals surface area (Å²) in [4.78, 5) is 0. The van der Waals surface area contributed by atoms with Crippen molar-refractivity contribution in [1.29, 1.82) is 0 Å². The summed E-state index contributed by atoms with van der Waals surface area (Å²) in [5.74, 6) is 1.10. The topological polar surface area (TPSA) is 26.0 Å². The van der Waals surface area contributed by atoms with E-state index in [9.17, 15) is 0 Å². The number of thioether (sulfide) groups is 1. The van der Waals surface area contributed by atoms with E-state index in [0.29, 0.717) is 4.32 Å². The monoisotopic (exact) mass is 325 g/mol. The summed E-state index contributed by atoms with van der Waals surface area (Å²) in [5, 5.41) is 0. The zero-order valence-electron chi connectivity index (χ0n) is 11.4. The van der Waals surface area contributed by atoms with Gasteiger partial charge in [0.2, 0.25) is 0 Å². The summed E-state index contributed by atoms with van der Waals surface area (Å²) in [6, 6.07) is 0. The number of hydrogen-bond donors (Lipinski definition) is 1. The van der Waals surface area contributed by atoms with Crippen molar-refractivity contribution in [2.24, 2.45) is 5.73 Å². The van der Waals surface area contributed by atoms with Crippen LogP contribution in [0, 0.1) is 0 Å². The van der Waals surface area contributed by atoms with Gasteiger partial charge in [0.15, 0.2) is 0 Å². The molecule has 4 heteroatoms. The smallest absolute Gasteiger partial charge is 0.131 e. The first-order valence-electron chi connectivity index (χ1n) is 6.69. The van der Waals surface area contributed by atoms with Gasteiger partial charge < -0.3 is 5.73 Å². The number of thiocarbonyl (C=S) groups is 1. The van der Waals surface area contributed by atoms with Crippen molar-refractivity contribution < 1.29 is 19.5 Å². The number of hydrogen-bond acceptors (Lipinski definition) is 2. The molecule has 0 heterocycles. The van der Waals surface area contributed by atoms with Gasteiger partial charge in [0.1, 0.15) is 4.32 Å². The summed E-state index contributed by atoms with van der Waals surface area (Å²) >= 11 is 6.42. The van der Waals surface area contributed by atoms with Gasteiger partial charge in [-0.05, 0) is 6.42 Å². The maximum absolute atomic E-state index is 5.41. The molecule has 0 fully saturated rings. The van der Waals surface area contributed by atoms with E-state index < -0.39 is 0 Å². The van der Waals surface area contributed by atoms with E-state index in [1.165, 1.54) is 64.2 Å². The van der Waals surface area contributed by atoms with Crippen LogP contribution in [0.5, 0.6) is 0 Å². The largest absolute Gasteiger partial charge is 0.385 e. The minimum atomic E-state index is 0. The molecule has 1 nitrogen and oxygen atoms in total. The Morgan fingerprint density at radius 3 is 1.71 bits per heavy atom. The van der Waals surface area contributed by atoms with Crippen molar-refractivity contribution in [3.05, 3.63) is 0 Å². The van der Waals surface area contributed by atoms with Gasteiger partial charge in [0, 0.05) is 25.2 Å². The van der Waals surface area contributed by atoms with Crippen LogP contribution in [-0.2, 0) is 19.5 Å². The number of unbranched alkanes of at least 4 members (excludes halogenated alkanes) is 9. The van der Waals surface area contributed by atoms with Crippen LogP contribution in [0.3, 0.4) is 0 Å². The van der Waals surface area contributed by atoms with Crippen LogP contribution in [0.25, 0.3) is 0 Å². The normalized spacial score (nSPS) is 9.94. The first kappa shape index (κ1) is 20.2. The van der Waals surface area contributed by atoms with E-state index in [-0.39, 0.29) is 19.5 Å². The first-order chi connectivity index (χ1) is 7.77. The molecule has 17 heavy (non-hydrogen) atoms. The van der Waals surface area contributed by atoms with Gasteiger partial charge in [-0.15, -0.1) is 0 Å². The maximum Gasteiger partial charge on any atom is 0.131 e. The molecule has 0 aromatic heterocycles. The van der Waals surface area contributed by atoms with Gasteiger partial charge in [0.25, 0.3) is 0 Å². The van der Waals surface area contributed by atoms with Crippen molar-refractivity contribution in [1.82, 2.24) is 0 Å². The molecular weight excluding hydrogens is 300 g/mol. The third-order valence-corrected chi connectivity index (χ3v) is 3.87. The molecule has 0 amide bonds. The third-order valence-electron chi connectivity index (χ3n) is 2.74. The Kier molecular flexibility index (Phi) is 20.0. The second-order valence-corrected chi connectivity index (χ2v) is 6.18. The maximum atomic E-state index is 5.41. The Bertz CT molecular complexity index is 165. The van der Waals surface area contributed by atoms with E-state index in [0.717, 1.165) is 5.75 Å². The summed E-state index contributed by atoms with van der Waals surface area (Å²) in [7, 11) is 0. The molecule has 0 saturated carbocycles. The molecule has 0 aromatic rings. The zero-order chi connectivity index (χ0) is 12.1. The van der Waals surface area contributed by atoms with Crippen molar-refractivity contribution >= 4 is 28.3 Å². The molecule has 0 spiro atoms. The molecule has 98 valence electrons. The first-order valence-corrected chi connectivity index (χ1v) is 8.09. The van der Waals surface area contributed by atoms with Gasteiger partial charge in [-0.2, -0.15) is 0 Å². The third kappa shape index (κ3) is 19.4. The van der Waals surface area contributed by atoms with E-state index >= 15 is 0 Å². The van der Waals surface area contributed by atoms with Crippen LogP contribution < -0.4 is 5.73 Å². The van der Waals surface area contributed by atoms with E-state index in [2.05, 4.69) is 6.92 Å². The molecule has 0 rings (SSSR count). The molecule has 0 aliphatic rings. The van der Waals surface area contributed by atoms with Crippen LogP contribution in [0.1, 0.15) is 71.1 Å². The Morgan fingerprint density at radius 2 is 1.29 bits per heavy atom. The van der Waals surface area contributed by atoms with Crippen LogP contribution in [0.2, 0.25) is 0 Å². The van der Waals surface area contributed by atoms with Crippen LogP contribution >= 0.6 is 24.0 Å². The molecule has 0 aliphatic carbocycles. The summed E-state index contributed by atoms with van der Waals surface area (Å²) < 4.78 is 0.593. The van der Waals surface area contributed by atoms with E-state index in [1.807, 2.05) is 0 Å². The minimum absolute atomic E-state index is 0. The fourth-order valence-electron chi connectivity index (χ4n) is 1.76. The molecule has 0 radical (unpaired) electrons. The van der Waals surface area contributed by atoms with Crippen LogP contribution in [-0.4, -0.2) is 10.1 Å². The second kappa shape index (κ2) is 16.9. The van der Waals surface area contributed by atoms with Crippen molar-refractivity contribution in [3.8, 4) is 0 Å². The van der Waals surface area contributed by atoms with Gasteiger partial charge >= 0.3 is 0 Å². The summed E-state index contributed by atoms with van der Waals surface area (Å²) in [6.07, 6.45) is 13.9. The van der Waals surface area contributed by atoms with Crippen molar-refractivity contribution in [3.63, 3.8) is 0 Å². The Morgan fingerprint density at radius 1 is 0.882 bits per heavy atom. The average molecular weight is 327 g/mol. The zero-order valence-corrected chi connectivity index (χ0v) is 16.0. The molecule has 2 N–H and O–H groups in total. The summed E-state index contributed by atoms with van der Waals surface area (Å²) in [6.45, 7) is 2.27. The Hall–Kier alpha value is 0.863. The van der Waals surface area contributed by atoms with E-state index in [4.69, 9.17) is 18.0 Å². The molecule has 0 saturated heterocycles. The average Bonchev–Trinajstić information content (AvgIpc) is 2.25. The van der Waals surface area contributed by atoms with Crippen LogP contribution in [0.4, 0.5) is 0 Å². The standard InChI is InChI=1S/C13H27NS2.Zn/c1-2-3-4-5-6-7-8-9-10-11-12-16-13(14)15;/h2-12H2,1H3,(H2,14,15);. The van der Waals surface area contributed by atoms with Gasteiger partial charge in [-0.3, -0.25) is 0 Å². The molecule has 0 atom stereocenters. The number of rotatable bonds is 11. The second-order valence-electron chi connectivity index (χ2n) is 4.35. The van der Waals surface area contributed by atoms with Crippen molar-refractivity contribution in [2.75, 3.05) is 5.75 Å². The number of nitrogens with two attached hydrogens (primary N) is 1. The molecule has 0 unspecified atom stereocenters. The fraction of sp³-hybridized carbons (Fsp3) is 0.923. The van der Waals surface area contributed by atoms with Crippen LogP contribution in [0.15, 0.2) is 0 Å². The van der Waals surface area contributed by atoms with Crippen molar-refractivity contribution in [2.45, 2.75) is 71.1 Å². The molecule has 0 bridgehead atoms. The predicted molar refractivity (Wildman–Crippen MR) is 81.1 cm³/mol. The quantitative estimate of drug-likeness (QED) is 0.333. The van der Waals surface area contributed by atoms with Gasteiger partial charge in [-0.25, -0.2) is 0 Å². The SMILES string of the molecule is CCCCCCCCCCCCSC(N)=S.[Zn]. The fourth-order valence-corrected chi connectivity index (χ4v) is 2.56. The van der Waals surface area contributed by atoms with Gasteiger partial charge in [0.05, 0.1) is 0 Å². The molecular formula is C13H27NS2Zn. The van der Waals surface area contributed by atoms with Gasteiger partial charge in [-0.1, -0.05) is 88.7 Å². The summed E-state index contributed by atoms with van der Waals surface area (Å²) in [5.41, 5.74) is 5.41. The molecule has 0 aliphatic heterocycles. The Labute approximate surface area is 130 Å².